The van der Waals surface area contributed by atoms with E-state index in [1.54, 1.807) is 24.3 Å². The first-order valence-corrected chi connectivity index (χ1v) is 6.13. The SMILES string of the molecule is C=CCN=C1NC(=O)/C(=C/c2ccccc2F)S1. The maximum absolute atomic E-state index is 13.4. The Hall–Kier alpha value is -1.88. The van der Waals surface area contributed by atoms with Gasteiger partial charge in [-0.15, -0.1) is 6.58 Å². The van der Waals surface area contributed by atoms with Gasteiger partial charge in [0.25, 0.3) is 5.91 Å². The summed E-state index contributed by atoms with van der Waals surface area (Å²) in [6, 6.07) is 6.31. The predicted octanol–water partition coefficient (Wildman–Crippen LogP) is 2.57. The number of aliphatic imine (C=N–C) groups is 1. The molecular formula is C13H11FN2OS. The zero-order valence-electron chi connectivity index (χ0n) is 9.52. The van der Waals surface area contributed by atoms with E-state index in [0.29, 0.717) is 22.2 Å². The average molecular weight is 262 g/mol. The summed E-state index contributed by atoms with van der Waals surface area (Å²) in [4.78, 5) is 16.2. The van der Waals surface area contributed by atoms with Gasteiger partial charge in [0.1, 0.15) is 5.82 Å². The molecule has 1 N–H and O–H groups in total. The van der Waals surface area contributed by atoms with E-state index in [1.165, 1.54) is 23.9 Å². The van der Waals surface area contributed by atoms with Crippen molar-refractivity contribution in [3.63, 3.8) is 0 Å². The van der Waals surface area contributed by atoms with Gasteiger partial charge in [-0.1, -0.05) is 24.3 Å². The highest BCUT2D eigenvalue weighted by Crippen LogP contribution is 2.26. The lowest BCUT2D eigenvalue weighted by atomic mass is 10.2. The molecule has 0 spiro atoms. The Labute approximate surface area is 108 Å². The molecule has 5 heteroatoms. The number of carbonyl (C=O) groups is 1. The second kappa shape index (κ2) is 5.64. The fraction of sp³-hybridized carbons (Fsp3) is 0.0769. The fourth-order valence-corrected chi connectivity index (χ4v) is 2.20. The molecule has 1 fully saturated rings. The van der Waals surface area contributed by atoms with Crippen molar-refractivity contribution >= 4 is 28.9 Å². The molecule has 18 heavy (non-hydrogen) atoms. The van der Waals surface area contributed by atoms with Gasteiger partial charge in [0.2, 0.25) is 0 Å². The molecule has 1 amide bonds. The number of amidine groups is 1. The normalized spacial score (nSPS) is 19.3. The summed E-state index contributed by atoms with van der Waals surface area (Å²) in [5, 5.41) is 3.13. The van der Waals surface area contributed by atoms with Crippen molar-refractivity contribution < 1.29 is 9.18 Å². The first-order chi connectivity index (χ1) is 8.70. The van der Waals surface area contributed by atoms with E-state index in [2.05, 4.69) is 16.9 Å². The van der Waals surface area contributed by atoms with Gasteiger partial charge in [0, 0.05) is 5.56 Å². The molecule has 1 heterocycles. The van der Waals surface area contributed by atoms with Crippen molar-refractivity contribution in [2.24, 2.45) is 4.99 Å². The maximum atomic E-state index is 13.4. The first-order valence-electron chi connectivity index (χ1n) is 5.31. The zero-order chi connectivity index (χ0) is 13.0. The molecular weight excluding hydrogens is 251 g/mol. The largest absolute Gasteiger partial charge is 0.301 e. The maximum Gasteiger partial charge on any atom is 0.264 e. The van der Waals surface area contributed by atoms with Crippen LogP contribution in [0, 0.1) is 5.82 Å². The molecule has 1 aliphatic heterocycles. The van der Waals surface area contributed by atoms with Gasteiger partial charge in [-0.25, -0.2) is 4.39 Å². The number of nitrogens with zero attached hydrogens (tertiary/aromatic N) is 1. The highest BCUT2D eigenvalue weighted by molar-refractivity contribution is 8.18. The summed E-state index contributed by atoms with van der Waals surface area (Å²) < 4.78 is 13.4. The Morgan fingerprint density at radius 1 is 1.44 bits per heavy atom. The summed E-state index contributed by atoms with van der Waals surface area (Å²) >= 11 is 1.20. The summed E-state index contributed by atoms with van der Waals surface area (Å²) in [5.74, 6) is -0.610. The van der Waals surface area contributed by atoms with Gasteiger partial charge in [-0.05, 0) is 23.9 Å². The standard InChI is InChI=1S/C13H11FN2OS/c1-2-7-15-13-16-12(17)11(18-13)8-9-5-3-4-6-10(9)14/h2-6,8H,1,7H2,(H,15,16,17)/b11-8-. The van der Waals surface area contributed by atoms with Crippen molar-refractivity contribution in [1.29, 1.82) is 0 Å². The molecule has 0 aromatic heterocycles. The Morgan fingerprint density at radius 3 is 2.94 bits per heavy atom. The van der Waals surface area contributed by atoms with Crippen LogP contribution in [0.5, 0.6) is 0 Å². The molecule has 1 aromatic carbocycles. The lowest BCUT2D eigenvalue weighted by Gasteiger charge is -1.96. The van der Waals surface area contributed by atoms with E-state index in [1.807, 2.05) is 0 Å². The molecule has 0 saturated carbocycles. The molecule has 0 radical (unpaired) electrons. The average Bonchev–Trinajstić information content (AvgIpc) is 2.70. The van der Waals surface area contributed by atoms with E-state index < -0.39 is 0 Å². The molecule has 92 valence electrons. The Bertz CT molecular complexity index is 552. The molecule has 1 aliphatic rings. The van der Waals surface area contributed by atoms with E-state index in [0.717, 1.165) is 0 Å². The van der Waals surface area contributed by atoms with Crippen LogP contribution in [0.4, 0.5) is 4.39 Å². The summed E-state index contributed by atoms with van der Waals surface area (Å²) in [5.41, 5.74) is 0.389. The number of benzene rings is 1. The van der Waals surface area contributed by atoms with Gasteiger partial charge in [0.05, 0.1) is 11.4 Å². The van der Waals surface area contributed by atoms with Crippen LogP contribution in [0.25, 0.3) is 6.08 Å². The molecule has 0 atom stereocenters. The minimum Gasteiger partial charge on any atom is -0.301 e. The molecule has 0 aliphatic carbocycles. The highest BCUT2D eigenvalue weighted by atomic mass is 32.2. The van der Waals surface area contributed by atoms with Crippen LogP contribution in [0.2, 0.25) is 0 Å². The number of carbonyl (C=O) groups excluding carboxylic acids is 1. The van der Waals surface area contributed by atoms with E-state index in [4.69, 9.17) is 0 Å². The van der Waals surface area contributed by atoms with Crippen molar-refractivity contribution in [3.05, 3.63) is 53.2 Å². The molecule has 3 nitrogen and oxygen atoms in total. The van der Waals surface area contributed by atoms with E-state index in [-0.39, 0.29) is 11.7 Å². The number of hydrogen-bond donors (Lipinski definition) is 1. The van der Waals surface area contributed by atoms with Crippen LogP contribution in [0.3, 0.4) is 0 Å². The van der Waals surface area contributed by atoms with Crippen LogP contribution < -0.4 is 5.32 Å². The lowest BCUT2D eigenvalue weighted by molar-refractivity contribution is -0.115. The number of nitrogens with one attached hydrogen (secondary N) is 1. The highest BCUT2D eigenvalue weighted by Gasteiger charge is 2.23. The van der Waals surface area contributed by atoms with E-state index in [9.17, 15) is 9.18 Å². The minimum atomic E-state index is -0.352. The number of amides is 1. The third-order valence-electron chi connectivity index (χ3n) is 2.21. The Balaban J connectivity index is 2.22. The number of hydrogen-bond acceptors (Lipinski definition) is 3. The second-order valence-electron chi connectivity index (χ2n) is 3.52. The number of halogens is 1. The molecule has 1 saturated heterocycles. The molecule has 0 bridgehead atoms. The quantitative estimate of drug-likeness (QED) is 0.672. The van der Waals surface area contributed by atoms with Gasteiger partial charge < -0.3 is 5.32 Å². The third-order valence-corrected chi connectivity index (χ3v) is 3.15. The van der Waals surface area contributed by atoms with Gasteiger partial charge in [-0.2, -0.15) is 0 Å². The summed E-state index contributed by atoms with van der Waals surface area (Å²) in [6.45, 7) is 3.99. The van der Waals surface area contributed by atoms with Crippen molar-refractivity contribution in [2.45, 2.75) is 0 Å². The van der Waals surface area contributed by atoms with Gasteiger partial charge in [0.15, 0.2) is 5.17 Å². The number of thioether (sulfide) groups is 1. The smallest absolute Gasteiger partial charge is 0.264 e. The fourth-order valence-electron chi connectivity index (χ4n) is 1.38. The molecule has 1 aromatic rings. The van der Waals surface area contributed by atoms with Gasteiger partial charge in [-0.3, -0.25) is 9.79 Å². The Morgan fingerprint density at radius 2 is 2.22 bits per heavy atom. The second-order valence-corrected chi connectivity index (χ2v) is 4.55. The van der Waals surface area contributed by atoms with Crippen LogP contribution in [0.15, 0.2) is 46.8 Å². The summed E-state index contributed by atoms with van der Waals surface area (Å²) in [6.07, 6.45) is 3.16. The number of rotatable bonds is 3. The molecule has 0 unspecified atom stereocenters. The van der Waals surface area contributed by atoms with Crippen LogP contribution in [0.1, 0.15) is 5.56 Å². The third kappa shape index (κ3) is 2.87. The van der Waals surface area contributed by atoms with Crippen LogP contribution >= 0.6 is 11.8 Å². The van der Waals surface area contributed by atoms with Crippen LogP contribution in [-0.4, -0.2) is 17.6 Å². The lowest BCUT2D eigenvalue weighted by Crippen LogP contribution is -2.19. The molecule has 2 rings (SSSR count). The van der Waals surface area contributed by atoms with Crippen molar-refractivity contribution in [1.82, 2.24) is 5.32 Å². The predicted molar refractivity (Wildman–Crippen MR) is 72.6 cm³/mol. The Kier molecular flexibility index (Phi) is 3.94. The van der Waals surface area contributed by atoms with Crippen molar-refractivity contribution in [3.8, 4) is 0 Å². The summed E-state index contributed by atoms with van der Waals surface area (Å²) in [7, 11) is 0. The zero-order valence-corrected chi connectivity index (χ0v) is 10.3. The van der Waals surface area contributed by atoms with Gasteiger partial charge >= 0.3 is 0 Å². The monoisotopic (exact) mass is 262 g/mol. The minimum absolute atomic E-state index is 0.258. The topological polar surface area (TPSA) is 41.5 Å². The van der Waals surface area contributed by atoms with Crippen LogP contribution in [-0.2, 0) is 4.79 Å². The van der Waals surface area contributed by atoms with Crippen molar-refractivity contribution in [2.75, 3.05) is 6.54 Å². The first kappa shape index (κ1) is 12.6. The van der Waals surface area contributed by atoms with E-state index >= 15 is 0 Å².